The van der Waals surface area contributed by atoms with E-state index in [0.29, 0.717) is 13.2 Å². The molecule has 0 bridgehead atoms. The van der Waals surface area contributed by atoms with Crippen molar-refractivity contribution in [3.8, 4) is 5.75 Å². The van der Waals surface area contributed by atoms with E-state index in [1.807, 2.05) is 12.1 Å². The number of fused-ring (bicyclic) bond motifs is 3. The monoisotopic (exact) mass is 426 g/mol. The number of morpholine rings is 1. The first-order chi connectivity index (χ1) is 15.8. The van der Waals surface area contributed by atoms with Gasteiger partial charge in [0.05, 0.1) is 26.2 Å². The molecular formula is C27H26N2O3. The Morgan fingerprint density at radius 2 is 1.62 bits per heavy atom. The fourth-order valence-electron chi connectivity index (χ4n) is 5.70. The maximum atomic E-state index is 6.38. The number of hydrogen-bond acceptors (Lipinski definition) is 5. The topological polar surface area (TPSA) is 43.3 Å². The molecule has 3 aromatic rings. The molecule has 0 N–H and O–H groups in total. The van der Waals surface area contributed by atoms with Crippen molar-refractivity contribution in [2.75, 3.05) is 33.4 Å². The molecule has 0 radical (unpaired) electrons. The second-order valence-electron chi connectivity index (χ2n) is 8.54. The summed E-state index contributed by atoms with van der Waals surface area (Å²) in [6, 6.07) is 27.6. The number of hydrogen-bond donors (Lipinski definition) is 0. The van der Waals surface area contributed by atoms with Crippen molar-refractivity contribution in [1.29, 1.82) is 0 Å². The van der Waals surface area contributed by atoms with Crippen LogP contribution in [-0.2, 0) is 15.1 Å². The molecule has 1 fully saturated rings. The Balaban J connectivity index is 1.57. The summed E-state index contributed by atoms with van der Waals surface area (Å²) in [4.78, 5) is 8.91. The zero-order valence-electron chi connectivity index (χ0n) is 18.1. The summed E-state index contributed by atoms with van der Waals surface area (Å²) in [5.74, 6) is 0.939. The van der Waals surface area contributed by atoms with E-state index in [-0.39, 0.29) is 12.0 Å². The average molecular weight is 427 g/mol. The predicted octanol–water partition coefficient (Wildman–Crippen LogP) is 4.17. The lowest BCUT2D eigenvalue weighted by Gasteiger charge is -2.43. The average Bonchev–Trinajstić information content (AvgIpc) is 3.39. The number of rotatable bonds is 4. The van der Waals surface area contributed by atoms with E-state index in [1.54, 1.807) is 7.11 Å². The molecule has 0 saturated carbocycles. The molecule has 3 aliphatic rings. The van der Waals surface area contributed by atoms with Gasteiger partial charge in [-0.25, -0.2) is 0 Å². The second-order valence-corrected chi connectivity index (χ2v) is 8.54. The molecule has 0 amide bonds. The molecule has 32 heavy (non-hydrogen) atoms. The van der Waals surface area contributed by atoms with Crippen molar-refractivity contribution in [3.05, 3.63) is 101 Å². The third-order valence-corrected chi connectivity index (χ3v) is 7.07. The van der Waals surface area contributed by atoms with E-state index < -0.39 is 5.54 Å². The van der Waals surface area contributed by atoms with Gasteiger partial charge in [0.1, 0.15) is 17.0 Å². The third-order valence-electron chi connectivity index (χ3n) is 7.07. The maximum Gasteiger partial charge on any atom is 0.166 e. The molecule has 3 atom stereocenters. The molecule has 162 valence electrons. The van der Waals surface area contributed by atoms with Crippen LogP contribution in [0.1, 0.15) is 28.2 Å². The van der Waals surface area contributed by atoms with Gasteiger partial charge >= 0.3 is 0 Å². The number of nitrogens with zero attached hydrogens (tertiary/aromatic N) is 2. The highest BCUT2D eigenvalue weighted by Gasteiger charge is 2.64. The normalized spacial score (nSPS) is 26.7. The van der Waals surface area contributed by atoms with Crippen molar-refractivity contribution in [2.24, 2.45) is 5.16 Å². The fraction of sp³-hybridized carbons (Fsp3) is 0.296. The summed E-state index contributed by atoms with van der Waals surface area (Å²) in [6.45, 7) is 3.10. The first-order valence-electron chi connectivity index (χ1n) is 11.2. The minimum atomic E-state index is -0.463. The van der Waals surface area contributed by atoms with Crippen LogP contribution < -0.4 is 4.74 Å². The molecule has 5 nitrogen and oxygen atoms in total. The molecule has 0 spiro atoms. The van der Waals surface area contributed by atoms with Gasteiger partial charge in [0.25, 0.3) is 0 Å². The largest absolute Gasteiger partial charge is 0.497 e. The van der Waals surface area contributed by atoms with Crippen LogP contribution in [0.5, 0.6) is 5.75 Å². The van der Waals surface area contributed by atoms with Crippen LogP contribution in [0.3, 0.4) is 0 Å². The van der Waals surface area contributed by atoms with Crippen molar-refractivity contribution >= 4 is 5.71 Å². The Bertz CT molecular complexity index is 1140. The summed E-state index contributed by atoms with van der Waals surface area (Å²) >= 11 is 0. The lowest BCUT2D eigenvalue weighted by molar-refractivity contribution is -0.0526. The van der Waals surface area contributed by atoms with Gasteiger partial charge < -0.3 is 14.3 Å². The molecule has 1 aliphatic carbocycles. The summed E-state index contributed by atoms with van der Waals surface area (Å²) in [6.07, 6.45) is -0.141. The third kappa shape index (κ3) is 2.74. The van der Waals surface area contributed by atoms with Gasteiger partial charge in [0, 0.05) is 18.7 Å². The first kappa shape index (κ1) is 19.5. The van der Waals surface area contributed by atoms with Gasteiger partial charge in [-0.05, 0) is 41.0 Å². The number of oxime groups is 1. The van der Waals surface area contributed by atoms with Gasteiger partial charge in [-0.2, -0.15) is 0 Å². The Kier molecular flexibility index (Phi) is 4.74. The van der Waals surface area contributed by atoms with Gasteiger partial charge in [0.15, 0.2) is 6.10 Å². The predicted molar refractivity (Wildman–Crippen MR) is 123 cm³/mol. The van der Waals surface area contributed by atoms with E-state index >= 15 is 0 Å². The lowest BCUT2D eigenvalue weighted by Crippen LogP contribution is -2.59. The highest BCUT2D eigenvalue weighted by Crippen LogP contribution is 2.56. The number of benzene rings is 3. The fourth-order valence-corrected chi connectivity index (χ4v) is 5.70. The Morgan fingerprint density at radius 1 is 0.906 bits per heavy atom. The molecule has 1 saturated heterocycles. The molecule has 3 aromatic carbocycles. The van der Waals surface area contributed by atoms with Crippen molar-refractivity contribution in [3.63, 3.8) is 0 Å². The summed E-state index contributed by atoms with van der Waals surface area (Å²) in [7, 11) is 1.69. The smallest absolute Gasteiger partial charge is 0.166 e. The van der Waals surface area contributed by atoms with E-state index in [4.69, 9.17) is 19.5 Å². The second kappa shape index (κ2) is 7.76. The summed E-state index contributed by atoms with van der Waals surface area (Å²) in [5.41, 5.74) is 5.42. The van der Waals surface area contributed by atoms with Gasteiger partial charge in [-0.3, -0.25) is 4.90 Å². The molecule has 2 heterocycles. The van der Waals surface area contributed by atoms with Crippen molar-refractivity contribution in [1.82, 2.24) is 4.90 Å². The molecule has 5 heteroatoms. The van der Waals surface area contributed by atoms with Crippen molar-refractivity contribution in [2.45, 2.75) is 17.6 Å². The minimum absolute atomic E-state index is 0.106. The van der Waals surface area contributed by atoms with Crippen LogP contribution in [0.2, 0.25) is 0 Å². The summed E-state index contributed by atoms with van der Waals surface area (Å²) < 4.78 is 11.1. The number of ether oxygens (including phenoxy) is 2. The first-order valence-corrected chi connectivity index (χ1v) is 11.2. The summed E-state index contributed by atoms with van der Waals surface area (Å²) in [5, 5.41) is 4.76. The van der Waals surface area contributed by atoms with Crippen LogP contribution in [0, 0.1) is 0 Å². The number of methoxy groups -OCH3 is 1. The molecular weight excluding hydrogens is 400 g/mol. The van der Waals surface area contributed by atoms with Crippen molar-refractivity contribution < 1.29 is 14.3 Å². The van der Waals surface area contributed by atoms with Gasteiger partial charge in [-0.15, -0.1) is 0 Å². The molecule has 6 rings (SSSR count). The van der Waals surface area contributed by atoms with Gasteiger partial charge in [0.2, 0.25) is 0 Å². The van der Waals surface area contributed by atoms with E-state index in [1.165, 1.54) is 16.7 Å². The van der Waals surface area contributed by atoms with Crippen LogP contribution in [-0.4, -0.2) is 50.1 Å². The standard InChI is InChI=1S/C27H26N2O3/c1-30-21-13-11-20(12-14-21)25-27(29-15-17-31-18-16-29)23-10-6-5-9-22(23)24(26(27)32-28-25)19-7-3-2-4-8-19/h2-14,24,26H,15-18H2,1H3/t24-,26+,27-/m0/s1. The highest BCUT2D eigenvalue weighted by atomic mass is 16.6. The zero-order valence-corrected chi connectivity index (χ0v) is 18.1. The maximum absolute atomic E-state index is 6.38. The van der Waals surface area contributed by atoms with E-state index in [2.05, 4.69) is 71.6 Å². The van der Waals surface area contributed by atoms with E-state index in [9.17, 15) is 0 Å². The van der Waals surface area contributed by atoms with Crippen LogP contribution in [0.15, 0.2) is 84.0 Å². The lowest BCUT2D eigenvalue weighted by atomic mass is 9.78. The highest BCUT2D eigenvalue weighted by molar-refractivity contribution is 6.10. The SMILES string of the molecule is COc1ccc(C2=NO[C@@H]3[C@@H](c4ccccc4)c4ccccc4[C@]23N2CCOCC2)cc1. The quantitative estimate of drug-likeness (QED) is 0.628. The zero-order chi connectivity index (χ0) is 21.5. The Hall–Kier alpha value is -3.15. The Labute approximate surface area is 188 Å². The van der Waals surface area contributed by atoms with Crippen LogP contribution >= 0.6 is 0 Å². The van der Waals surface area contributed by atoms with Crippen LogP contribution in [0.4, 0.5) is 0 Å². The molecule has 2 aliphatic heterocycles. The van der Waals surface area contributed by atoms with Crippen LogP contribution in [0.25, 0.3) is 0 Å². The minimum Gasteiger partial charge on any atom is -0.497 e. The molecule has 0 aromatic heterocycles. The Morgan fingerprint density at radius 3 is 2.38 bits per heavy atom. The van der Waals surface area contributed by atoms with Gasteiger partial charge in [-0.1, -0.05) is 59.8 Å². The van der Waals surface area contributed by atoms with E-state index in [0.717, 1.165) is 30.1 Å². The molecule has 0 unspecified atom stereocenters.